The second-order valence-corrected chi connectivity index (χ2v) is 8.58. The maximum atomic E-state index is 12.9. The molecule has 0 saturated heterocycles. The number of aryl methyl sites for hydroxylation is 1. The Kier molecular flexibility index (Phi) is 5.71. The molecule has 0 amide bonds. The summed E-state index contributed by atoms with van der Waals surface area (Å²) >= 11 is 7.10. The number of halogens is 1. The Morgan fingerprint density at radius 3 is 2.34 bits per heavy atom. The van der Waals surface area contributed by atoms with Crippen molar-refractivity contribution in [1.82, 2.24) is 4.98 Å². The van der Waals surface area contributed by atoms with Crippen molar-refractivity contribution in [3.05, 3.63) is 81.4 Å². The largest absolute Gasteiger partial charge is 0.281 e. The quantitative estimate of drug-likeness (QED) is 0.462. The van der Waals surface area contributed by atoms with Crippen LogP contribution in [0.1, 0.15) is 45.5 Å². The van der Waals surface area contributed by atoms with Gasteiger partial charge in [-0.25, -0.2) is 4.98 Å². The van der Waals surface area contributed by atoms with Crippen molar-refractivity contribution in [1.29, 1.82) is 5.26 Å². The molecular formula is C24H19ClN2OS. The molecule has 0 spiro atoms. The van der Waals surface area contributed by atoms with Crippen molar-refractivity contribution in [2.75, 3.05) is 0 Å². The van der Waals surface area contributed by atoms with E-state index in [0.717, 1.165) is 65.4 Å². The number of benzene rings is 2. The predicted molar refractivity (Wildman–Crippen MR) is 117 cm³/mol. The molecule has 1 aliphatic rings. The maximum absolute atomic E-state index is 12.9. The first-order chi connectivity index (χ1) is 14.1. The summed E-state index contributed by atoms with van der Waals surface area (Å²) < 4.78 is 0. The molecule has 0 radical (unpaired) electrons. The van der Waals surface area contributed by atoms with E-state index < -0.39 is 0 Å². The number of rotatable bonds is 3. The summed E-state index contributed by atoms with van der Waals surface area (Å²) in [7, 11) is 0. The minimum absolute atomic E-state index is 0.105. The molecule has 0 unspecified atom stereocenters. The monoisotopic (exact) mass is 418 g/mol. The van der Waals surface area contributed by atoms with Crippen LogP contribution in [0.5, 0.6) is 0 Å². The minimum atomic E-state index is -0.105. The lowest BCUT2D eigenvalue weighted by Gasteiger charge is -2.22. The molecule has 0 N–H and O–H groups in total. The van der Waals surface area contributed by atoms with Crippen molar-refractivity contribution >= 4 is 28.5 Å². The van der Waals surface area contributed by atoms with Crippen molar-refractivity contribution in [3.63, 3.8) is 0 Å². The normalized spacial score (nSPS) is 12.9. The topological polar surface area (TPSA) is 53.8 Å². The molecule has 1 aliphatic carbocycles. The van der Waals surface area contributed by atoms with Crippen LogP contribution in [0.2, 0.25) is 5.02 Å². The van der Waals surface area contributed by atoms with E-state index in [-0.39, 0.29) is 5.12 Å². The van der Waals surface area contributed by atoms with Crippen LogP contribution in [0.3, 0.4) is 0 Å². The first-order valence-corrected chi connectivity index (χ1v) is 10.8. The first kappa shape index (κ1) is 19.7. The van der Waals surface area contributed by atoms with Gasteiger partial charge in [-0.3, -0.25) is 4.79 Å². The van der Waals surface area contributed by atoms with Gasteiger partial charge in [0.05, 0.1) is 11.3 Å². The van der Waals surface area contributed by atoms with E-state index in [2.05, 4.69) is 6.07 Å². The predicted octanol–water partition coefficient (Wildman–Crippen LogP) is 6.39. The molecule has 1 heterocycles. The summed E-state index contributed by atoms with van der Waals surface area (Å²) in [6.45, 7) is 1.98. The van der Waals surface area contributed by atoms with Crippen LogP contribution in [0, 0.1) is 18.3 Å². The zero-order valence-electron chi connectivity index (χ0n) is 16.0. The summed E-state index contributed by atoms with van der Waals surface area (Å²) in [6, 6.07) is 17.4. The molecule has 1 aromatic heterocycles. The highest BCUT2D eigenvalue weighted by Gasteiger charge is 2.24. The van der Waals surface area contributed by atoms with Gasteiger partial charge in [-0.15, -0.1) is 0 Å². The van der Waals surface area contributed by atoms with Crippen LogP contribution in [-0.2, 0) is 12.8 Å². The molecule has 5 heteroatoms. The van der Waals surface area contributed by atoms with E-state index in [0.29, 0.717) is 21.2 Å². The van der Waals surface area contributed by atoms with Crippen molar-refractivity contribution in [3.8, 4) is 17.3 Å². The van der Waals surface area contributed by atoms with Gasteiger partial charge in [0.1, 0.15) is 11.1 Å². The Balaban J connectivity index is 1.81. The SMILES string of the molecule is Cc1ccc(C(=O)Sc2nc(-c3ccc(Cl)cc3)c3c(c2C#N)CCCC3)cc1. The van der Waals surface area contributed by atoms with Gasteiger partial charge >= 0.3 is 0 Å². The fourth-order valence-corrected chi connectivity index (χ4v) is 4.63. The molecule has 0 aliphatic heterocycles. The van der Waals surface area contributed by atoms with Crippen LogP contribution >= 0.6 is 23.4 Å². The number of carbonyl (C=O) groups is 1. The number of hydrogen-bond acceptors (Lipinski definition) is 4. The average molecular weight is 419 g/mol. The van der Waals surface area contributed by atoms with Gasteiger partial charge in [0, 0.05) is 16.1 Å². The van der Waals surface area contributed by atoms with Gasteiger partial charge in [-0.2, -0.15) is 5.26 Å². The molecule has 144 valence electrons. The molecule has 0 bridgehead atoms. The highest BCUT2D eigenvalue weighted by atomic mass is 35.5. The van der Waals surface area contributed by atoms with Crippen LogP contribution in [0.25, 0.3) is 11.3 Å². The lowest BCUT2D eigenvalue weighted by Crippen LogP contribution is -2.11. The van der Waals surface area contributed by atoms with Crippen LogP contribution in [-0.4, -0.2) is 10.1 Å². The van der Waals surface area contributed by atoms with Crippen molar-refractivity contribution in [2.45, 2.75) is 37.6 Å². The zero-order chi connectivity index (χ0) is 20.4. The van der Waals surface area contributed by atoms with Crippen LogP contribution in [0.4, 0.5) is 0 Å². The van der Waals surface area contributed by atoms with E-state index in [1.165, 1.54) is 0 Å². The summed E-state index contributed by atoms with van der Waals surface area (Å²) in [6.07, 6.45) is 3.86. The highest BCUT2D eigenvalue weighted by Crippen LogP contribution is 2.37. The Hall–Kier alpha value is -2.61. The number of fused-ring (bicyclic) bond motifs is 1. The van der Waals surface area contributed by atoms with Crippen molar-refractivity contribution < 1.29 is 4.79 Å². The summed E-state index contributed by atoms with van der Waals surface area (Å²) in [4.78, 5) is 17.7. The van der Waals surface area contributed by atoms with Gasteiger partial charge in [-0.1, -0.05) is 53.6 Å². The van der Waals surface area contributed by atoms with Crippen LogP contribution in [0.15, 0.2) is 53.6 Å². The van der Waals surface area contributed by atoms with Crippen molar-refractivity contribution in [2.24, 2.45) is 0 Å². The average Bonchev–Trinajstić information content (AvgIpc) is 2.74. The Morgan fingerprint density at radius 2 is 1.69 bits per heavy atom. The molecule has 29 heavy (non-hydrogen) atoms. The third-order valence-corrected chi connectivity index (χ3v) is 6.35. The van der Waals surface area contributed by atoms with Crippen LogP contribution < -0.4 is 0 Å². The summed E-state index contributed by atoms with van der Waals surface area (Å²) in [5.74, 6) is 0. The number of aromatic nitrogens is 1. The van der Waals surface area contributed by atoms with Gasteiger partial charge in [0.25, 0.3) is 0 Å². The van der Waals surface area contributed by atoms with E-state index in [1.54, 1.807) is 0 Å². The number of carbonyl (C=O) groups excluding carboxylic acids is 1. The molecule has 0 saturated carbocycles. The minimum Gasteiger partial charge on any atom is -0.281 e. The number of nitrogens with zero attached hydrogens (tertiary/aromatic N) is 2. The molecule has 3 aromatic rings. The zero-order valence-corrected chi connectivity index (χ0v) is 17.6. The van der Waals surface area contributed by atoms with Gasteiger partial charge in [0.2, 0.25) is 5.12 Å². The fourth-order valence-electron chi connectivity index (χ4n) is 3.67. The number of thioether (sulfide) groups is 1. The van der Waals surface area contributed by atoms with Gasteiger partial charge in [-0.05, 0) is 67.6 Å². The Morgan fingerprint density at radius 1 is 1.03 bits per heavy atom. The maximum Gasteiger partial charge on any atom is 0.225 e. The van der Waals surface area contributed by atoms with Gasteiger partial charge in [0.15, 0.2) is 0 Å². The number of pyridine rings is 1. The molecule has 0 atom stereocenters. The van der Waals surface area contributed by atoms with E-state index >= 15 is 0 Å². The number of nitriles is 1. The van der Waals surface area contributed by atoms with E-state index in [4.69, 9.17) is 16.6 Å². The highest BCUT2D eigenvalue weighted by molar-refractivity contribution is 8.14. The summed E-state index contributed by atoms with van der Waals surface area (Å²) in [5.41, 5.74) is 6.23. The smallest absolute Gasteiger partial charge is 0.225 e. The second-order valence-electron chi connectivity index (χ2n) is 7.18. The van der Waals surface area contributed by atoms with E-state index in [1.807, 2.05) is 55.5 Å². The number of hydrogen-bond donors (Lipinski definition) is 0. The molecule has 4 rings (SSSR count). The lowest BCUT2D eigenvalue weighted by molar-refractivity contribution is 0.108. The first-order valence-electron chi connectivity index (χ1n) is 9.57. The third-order valence-electron chi connectivity index (χ3n) is 5.19. The Labute approximate surface area is 179 Å². The summed E-state index contributed by atoms with van der Waals surface area (Å²) in [5, 5.41) is 10.9. The standard InChI is InChI=1S/C24H19ClN2OS/c1-15-6-8-17(9-7-15)24(28)29-23-21(14-26)19-4-2-3-5-20(19)22(27-23)16-10-12-18(25)13-11-16/h6-13H,2-5H2,1H3. The molecular weight excluding hydrogens is 400 g/mol. The lowest BCUT2D eigenvalue weighted by atomic mass is 9.86. The molecule has 2 aromatic carbocycles. The Bertz CT molecular complexity index is 1120. The molecule has 0 fully saturated rings. The fraction of sp³-hybridized carbons (Fsp3) is 0.208. The molecule has 3 nitrogen and oxygen atoms in total. The van der Waals surface area contributed by atoms with Gasteiger partial charge < -0.3 is 0 Å². The third kappa shape index (κ3) is 4.07. The second kappa shape index (κ2) is 8.41. The van der Waals surface area contributed by atoms with E-state index in [9.17, 15) is 10.1 Å².